The van der Waals surface area contributed by atoms with Gasteiger partial charge in [0.1, 0.15) is 22.7 Å². The third kappa shape index (κ3) is 8.46. The van der Waals surface area contributed by atoms with E-state index in [1.807, 2.05) is 0 Å². The predicted molar refractivity (Wildman–Crippen MR) is 213 cm³/mol. The second-order valence-corrected chi connectivity index (χ2v) is 15.6. The summed E-state index contributed by atoms with van der Waals surface area (Å²) in [7, 11) is 0. The number of hydrogen-bond acceptors (Lipinski definition) is 9. The minimum absolute atomic E-state index is 0.0172. The van der Waals surface area contributed by atoms with Gasteiger partial charge in [-0.3, -0.25) is 19.2 Å². The highest BCUT2D eigenvalue weighted by molar-refractivity contribution is 9.11. The highest BCUT2D eigenvalue weighted by Crippen LogP contribution is 2.40. The summed E-state index contributed by atoms with van der Waals surface area (Å²) in [6.45, 7) is 5.63. The van der Waals surface area contributed by atoms with Crippen LogP contribution in [0.3, 0.4) is 0 Å². The molecule has 2 atom stereocenters. The first-order chi connectivity index (χ1) is 27.9. The number of fused-ring (bicyclic) bond motifs is 2. The van der Waals surface area contributed by atoms with Crippen molar-refractivity contribution in [1.29, 1.82) is 0 Å². The van der Waals surface area contributed by atoms with Gasteiger partial charge in [0.15, 0.2) is 29.2 Å². The van der Waals surface area contributed by atoms with Gasteiger partial charge in [0, 0.05) is 35.7 Å². The van der Waals surface area contributed by atoms with Crippen molar-refractivity contribution in [2.24, 2.45) is 0 Å². The molecule has 0 radical (unpaired) electrons. The van der Waals surface area contributed by atoms with E-state index in [0.717, 1.165) is 0 Å². The summed E-state index contributed by atoms with van der Waals surface area (Å²) in [4.78, 5) is 49.2. The number of ketones is 2. The van der Waals surface area contributed by atoms with E-state index < -0.39 is 70.7 Å². The zero-order valence-corrected chi connectivity index (χ0v) is 35.0. The Hall–Kier alpha value is -3.56. The number of phenols is 1. The number of carbonyl (C=O) groups is 4. The maximum absolute atomic E-state index is 13.5. The highest BCUT2D eigenvalue weighted by Gasteiger charge is 2.28. The van der Waals surface area contributed by atoms with Gasteiger partial charge in [0.2, 0.25) is 0 Å². The van der Waals surface area contributed by atoms with Crippen LogP contribution < -0.4 is 4.74 Å². The van der Waals surface area contributed by atoms with Crippen molar-refractivity contribution >= 4 is 125 Å². The lowest BCUT2D eigenvalue weighted by Gasteiger charge is -2.11. The van der Waals surface area contributed by atoms with Crippen LogP contribution in [0.4, 0.5) is 0 Å². The molecule has 52 heavy (non-hydrogen) atoms. The number of carbonyl (C=O) groups excluding carboxylic acids is 4. The molecule has 0 aliphatic rings. The molecular formula is C38H27Br5O9. The lowest BCUT2D eigenvalue weighted by molar-refractivity contribution is -0.146. The number of phenolic OH excluding ortho intramolecular Hbond substituents is 1. The molecule has 268 valence electrons. The first kappa shape index (κ1) is 29.8. The van der Waals surface area contributed by atoms with E-state index in [2.05, 4.69) is 79.6 Å². The van der Waals surface area contributed by atoms with Gasteiger partial charge < -0.3 is 23.4 Å². The molecule has 0 saturated heterocycles. The van der Waals surface area contributed by atoms with E-state index in [-0.39, 0.29) is 88.2 Å². The Kier molecular flexibility index (Phi) is 9.54. The normalized spacial score (nSPS) is 14.3. The smallest absolute Gasteiger partial charge is 0.308 e. The van der Waals surface area contributed by atoms with Gasteiger partial charge in [-0.2, -0.15) is 0 Å². The number of hydrogen-bond donors (Lipinski definition) is 1. The molecule has 1 N–H and O–H groups in total. The summed E-state index contributed by atoms with van der Waals surface area (Å²) in [6.07, 6.45) is -1.03. The van der Waals surface area contributed by atoms with Crippen LogP contribution in [0, 0.1) is 0 Å². The number of halogens is 5. The SMILES string of the molecule is [2H]c1c([2H])c([2H])c2c(C(=O)c3cc(Br)c(O)c(Br)c3)c(C(C)OC(C)=O)oc2c1[2H].[2H]c1c([2H])c([2H])c2c(C(=O)c3cc(Br)c(OC(C)=O)c(Br)c3)c(C(C)Br)oc2c1[2H]. The van der Waals surface area contributed by atoms with Gasteiger partial charge in [0.25, 0.3) is 0 Å². The van der Waals surface area contributed by atoms with E-state index in [1.54, 1.807) is 6.92 Å². The Balaban J connectivity index is 0.000000228. The molecule has 2 heterocycles. The fourth-order valence-electron chi connectivity index (χ4n) is 4.91. The largest absolute Gasteiger partial charge is 0.506 e. The summed E-state index contributed by atoms with van der Waals surface area (Å²) in [5, 5.41) is 9.83. The van der Waals surface area contributed by atoms with E-state index in [0.29, 0.717) is 8.95 Å². The maximum Gasteiger partial charge on any atom is 0.308 e. The molecule has 6 rings (SSSR count). The Morgan fingerprint density at radius 1 is 0.692 bits per heavy atom. The fourth-order valence-corrected chi connectivity index (χ4v) is 7.77. The Morgan fingerprint density at radius 2 is 1.12 bits per heavy atom. The van der Waals surface area contributed by atoms with Gasteiger partial charge in [0.05, 0.1) is 44.8 Å². The minimum atomic E-state index is -1.03. The zero-order valence-electron chi connectivity index (χ0n) is 35.1. The van der Waals surface area contributed by atoms with Gasteiger partial charge >= 0.3 is 11.9 Å². The summed E-state index contributed by atoms with van der Waals surface area (Å²) in [5.41, 5.74) is -0.0849. The molecule has 0 amide bonds. The Bertz CT molecular complexity index is 2780. The monoisotopic (exact) mass is 1030 g/mol. The second kappa shape index (κ2) is 16.6. The van der Waals surface area contributed by atoms with Crippen LogP contribution in [0.25, 0.3) is 21.9 Å². The number of furan rings is 2. The average Bonchev–Trinajstić information content (AvgIpc) is 3.78. The quantitative estimate of drug-likeness (QED) is 0.0684. The maximum atomic E-state index is 13.5. The minimum Gasteiger partial charge on any atom is -0.506 e. The van der Waals surface area contributed by atoms with Crippen LogP contribution in [-0.4, -0.2) is 28.6 Å². The molecule has 0 saturated carbocycles. The molecular weight excluding hydrogens is 1000 g/mol. The zero-order chi connectivity index (χ0) is 45.0. The van der Waals surface area contributed by atoms with Crippen LogP contribution in [-0.2, 0) is 14.3 Å². The Labute approximate surface area is 350 Å². The summed E-state index contributed by atoms with van der Waals surface area (Å²) >= 11 is 16.3. The fraction of sp³-hybridized carbons (Fsp3) is 0.158. The van der Waals surface area contributed by atoms with Crippen molar-refractivity contribution in [2.45, 2.75) is 38.6 Å². The van der Waals surface area contributed by atoms with Crippen LogP contribution >= 0.6 is 79.6 Å². The number of benzene rings is 4. The van der Waals surface area contributed by atoms with Crippen molar-refractivity contribution < 1.29 is 53.6 Å². The van der Waals surface area contributed by atoms with Crippen molar-refractivity contribution in [2.75, 3.05) is 0 Å². The first-order valence-corrected chi connectivity index (χ1v) is 18.8. The van der Waals surface area contributed by atoms with Gasteiger partial charge in [-0.25, -0.2) is 0 Å². The van der Waals surface area contributed by atoms with Crippen molar-refractivity contribution in [1.82, 2.24) is 0 Å². The second-order valence-electron chi connectivity index (χ2n) is 10.8. The average molecular weight is 1040 g/mol. The molecule has 0 fully saturated rings. The summed E-state index contributed by atoms with van der Waals surface area (Å²) in [5.74, 6) is -2.09. The topological polar surface area (TPSA) is 133 Å². The number of esters is 2. The molecule has 6 aromatic rings. The van der Waals surface area contributed by atoms with Crippen molar-refractivity contribution in [3.05, 3.63) is 124 Å². The van der Waals surface area contributed by atoms with Crippen molar-refractivity contribution in [3.63, 3.8) is 0 Å². The third-order valence-electron chi connectivity index (χ3n) is 7.04. The highest BCUT2D eigenvalue weighted by atomic mass is 79.9. The van der Waals surface area contributed by atoms with Gasteiger partial charge in [-0.15, -0.1) is 0 Å². The third-order valence-corrected chi connectivity index (χ3v) is 9.84. The van der Waals surface area contributed by atoms with E-state index in [1.165, 1.54) is 45.0 Å². The van der Waals surface area contributed by atoms with Crippen LogP contribution in [0.2, 0.25) is 0 Å². The van der Waals surface area contributed by atoms with Crippen LogP contribution in [0.5, 0.6) is 11.5 Å². The lowest BCUT2D eigenvalue weighted by atomic mass is 9.98. The summed E-state index contributed by atoms with van der Waals surface area (Å²) in [6, 6.07) is 2.14. The van der Waals surface area contributed by atoms with E-state index >= 15 is 0 Å². The van der Waals surface area contributed by atoms with Crippen LogP contribution in [0.1, 0.15) is 93.0 Å². The molecule has 0 spiro atoms. The van der Waals surface area contributed by atoms with Crippen molar-refractivity contribution in [3.8, 4) is 11.5 Å². The predicted octanol–water partition coefficient (Wildman–Crippen LogP) is 12.1. The molecule has 2 aromatic heterocycles. The number of alkyl halides is 1. The van der Waals surface area contributed by atoms with Crippen LogP contribution in [0.15, 0.2) is 99.3 Å². The van der Waals surface area contributed by atoms with Gasteiger partial charge in [-0.05, 0) is 114 Å². The lowest BCUT2D eigenvalue weighted by Crippen LogP contribution is -2.10. The molecule has 2 unspecified atom stereocenters. The summed E-state index contributed by atoms with van der Waals surface area (Å²) < 4.78 is 87.2. The molecule has 14 heteroatoms. The van der Waals surface area contributed by atoms with E-state index in [9.17, 15) is 24.3 Å². The molecule has 0 aliphatic heterocycles. The van der Waals surface area contributed by atoms with E-state index in [4.69, 9.17) is 29.3 Å². The molecule has 0 aliphatic carbocycles. The number of rotatable bonds is 8. The molecule has 0 bridgehead atoms. The number of aromatic hydroxyl groups is 1. The molecule has 4 aromatic carbocycles. The standard InChI is InChI=1S/C19H13Br3O4.C19H14Br2O5/c1-9(20)18-16(12-5-3-4-6-15(12)26-18)17(24)11-7-13(21)19(14(22)8-11)25-10(2)23;1-9(25-10(2)22)19-16(12-5-3-4-6-15(12)26-19)17(23)11-7-13(20)18(24)14(21)8-11/h3-9H,1-2H3;3-9,24H,1-2H3/i2*3D,4D,5D,6D. The Morgan fingerprint density at radius 3 is 1.56 bits per heavy atom. The number of para-hydroxylation sites is 2. The first-order valence-electron chi connectivity index (χ1n) is 18.7. The van der Waals surface area contributed by atoms with Gasteiger partial charge in [-0.1, -0.05) is 52.2 Å². The number of ether oxygens (including phenoxy) is 2. The molecule has 9 nitrogen and oxygen atoms in total.